The Labute approximate surface area is 144 Å². The molecule has 0 atom stereocenters. The van der Waals surface area contributed by atoms with Gasteiger partial charge in [0.2, 0.25) is 10.0 Å². The molecule has 23 heavy (non-hydrogen) atoms. The average molecular weight is 406 g/mol. The van der Waals surface area contributed by atoms with Gasteiger partial charge in [0.05, 0.1) is 10.7 Å². The van der Waals surface area contributed by atoms with Crippen molar-refractivity contribution in [2.45, 2.75) is 25.8 Å². The molecule has 9 heteroatoms. The third kappa shape index (κ3) is 4.02. The van der Waals surface area contributed by atoms with E-state index in [0.29, 0.717) is 36.1 Å². The van der Waals surface area contributed by atoms with E-state index in [9.17, 15) is 18.5 Å². The minimum absolute atomic E-state index is 0.0503. The van der Waals surface area contributed by atoms with Crippen LogP contribution >= 0.6 is 15.9 Å². The minimum Gasteiger partial charge on any atom is -0.366 e. The predicted molar refractivity (Wildman–Crippen MR) is 93.3 cm³/mol. The summed E-state index contributed by atoms with van der Waals surface area (Å²) in [4.78, 5) is 12.8. The van der Waals surface area contributed by atoms with Crippen LogP contribution in [0.3, 0.4) is 0 Å². The first-order valence-electron chi connectivity index (χ1n) is 7.41. The molecule has 1 fully saturated rings. The van der Waals surface area contributed by atoms with Crippen LogP contribution in [0.25, 0.3) is 0 Å². The normalized spacial score (nSPS) is 16.8. The molecular weight excluding hydrogens is 386 g/mol. The molecule has 0 unspecified atom stereocenters. The molecule has 1 aromatic rings. The van der Waals surface area contributed by atoms with Crippen LogP contribution in [0.2, 0.25) is 0 Å². The lowest BCUT2D eigenvalue weighted by Crippen LogP contribution is -2.46. The Bertz CT molecular complexity index is 687. The number of nitro groups is 1. The van der Waals surface area contributed by atoms with Gasteiger partial charge in [-0.2, -0.15) is 0 Å². The van der Waals surface area contributed by atoms with Gasteiger partial charge < -0.3 is 4.90 Å². The third-order valence-electron chi connectivity index (χ3n) is 4.26. The largest absolute Gasteiger partial charge is 0.366 e. The van der Waals surface area contributed by atoms with Gasteiger partial charge in [-0.25, -0.2) is 12.7 Å². The Morgan fingerprint density at radius 2 is 2.00 bits per heavy atom. The summed E-state index contributed by atoms with van der Waals surface area (Å²) in [6.45, 7) is 2.82. The minimum atomic E-state index is -3.21. The van der Waals surface area contributed by atoms with Crippen molar-refractivity contribution in [2.24, 2.45) is 0 Å². The molecule has 0 amide bonds. The molecule has 7 nitrogen and oxygen atoms in total. The molecule has 0 saturated carbocycles. The molecular formula is C14H20BrN3O4S. The second kappa shape index (κ2) is 7.14. The molecule has 128 valence electrons. The van der Waals surface area contributed by atoms with Crippen molar-refractivity contribution in [3.63, 3.8) is 0 Å². The van der Waals surface area contributed by atoms with Gasteiger partial charge in [-0.15, -0.1) is 0 Å². The Morgan fingerprint density at radius 1 is 1.39 bits per heavy atom. The maximum Gasteiger partial charge on any atom is 0.293 e. The highest BCUT2D eigenvalue weighted by molar-refractivity contribution is 9.10. The summed E-state index contributed by atoms with van der Waals surface area (Å²) >= 11 is 3.25. The second-order valence-electron chi connectivity index (χ2n) is 5.53. The summed E-state index contributed by atoms with van der Waals surface area (Å²) in [7, 11) is -1.59. The number of piperidine rings is 1. The van der Waals surface area contributed by atoms with Gasteiger partial charge in [0.15, 0.2) is 0 Å². The zero-order valence-electron chi connectivity index (χ0n) is 13.1. The van der Waals surface area contributed by atoms with E-state index >= 15 is 0 Å². The summed E-state index contributed by atoms with van der Waals surface area (Å²) in [6.07, 6.45) is 1.31. The van der Waals surface area contributed by atoms with E-state index in [1.165, 1.54) is 10.4 Å². The number of sulfonamides is 1. The van der Waals surface area contributed by atoms with Crippen LogP contribution in [0.1, 0.15) is 19.8 Å². The maximum absolute atomic E-state index is 11.9. The van der Waals surface area contributed by atoms with Crippen molar-refractivity contribution in [3.8, 4) is 0 Å². The fourth-order valence-corrected chi connectivity index (χ4v) is 4.23. The van der Waals surface area contributed by atoms with Crippen LogP contribution in [-0.2, 0) is 10.0 Å². The van der Waals surface area contributed by atoms with E-state index < -0.39 is 10.0 Å². The molecule has 1 aromatic carbocycles. The van der Waals surface area contributed by atoms with Gasteiger partial charge in [0.1, 0.15) is 5.69 Å². The van der Waals surface area contributed by atoms with Crippen LogP contribution in [0.15, 0.2) is 22.7 Å². The number of rotatable bonds is 5. The number of halogens is 1. The van der Waals surface area contributed by atoms with Gasteiger partial charge in [-0.05, 0) is 31.9 Å². The molecule has 0 radical (unpaired) electrons. The number of nitrogens with zero attached hydrogens (tertiary/aromatic N) is 3. The van der Waals surface area contributed by atoms with Gasteiger partial charge in [0.25, 0.3) is 5.69 Å². The van der Waals surface area contributed by atoms with Gasteiger partial charge in [0, 0.05) is 36.7 Å². The molecule has 2 rings (SSSR count). The van der Waals surface area contributed by atoms with Crippen LogP contribution in [0.4, 0.5) is 11.4 Å². The van der Waals surface area contributed by atoms with E-state index in [-0.39, 0.29) is 22.4 Å². The highest BCUT2D eigenvalue weighted by Crippen LogP contribution is 2.33. The van der Waals surface area contributed by atoms with Crippen molar-refractivity contribution in [1.82, 2.24) is 4.31 Å². The quantitative estimate of drug-likeness (QED) is 0.555. The standard InChI is InChI=1S/C14H20BrN3O4S/c1-3-23(21,22)16(2)12-6-8-17(9-7-12)13-5-4-11(15)10-14(13)18(19)20/h4-5,10,12H,3,6-9H2,1-2H3. The first kappa shape index (κ1) is 18.2. The van der Waals surface area contributed by atoms with E-state index in [4.69, 9.17) is 0 Å². The Morgan fingerprint density at radius 3 is 2.52 bits per heavy atom. The Hall–Kier alpha value is -1.19. The highest BCUT2D eigenvalue weighted by atomic mass is 79.9. The van der Waals surface area contributed by atoms with E-state index in [0.717, 1.165) is 0 Å². The van der Waals surface area contributed by atoms with E-state index in [1.807, 2.05) is 4.90 Å². The monoisotopic (exact) mass is 405 g/mol. The number of hydrogen-bond acceptors (Lipinski definition) is 5. The van der Waals surface area contributed by atoms with Crippen LogP contribution < -0.4 is 4.90 Å². The first-order chi connectivity index (χ1) is 10.8. The summed E-state index contributed by atoms with van der Waals surface area (Å²) < 4.78 is 26.0. The van der Waals surface area contributed by atoms with Gasteiger partial charge in [-0.1, -0.05) is 15.9 Å². The fraction of sp³-hybridized carbons (Fsp3) is 0.571. The van der Waals surface area contributed by atoms with Crippen molar-refractivity contribution >= 4 is 37.3 Å². The Balaban J connectivity index is 2.13. The summed E-state index contributed by atoms with van der Waals surface area (Å²) in [5.41, 5.74) is 0.644. The SMILES string of the molecule is CCS(=O)(=O)N(C)C1CCN(c2ccc(Br)cc2[N+](=O)[O-])CC1. The smallest absolute Gasteiger partial charge is 0.293 e. The lowest BCUT2D eigenvalue weighted by molar-refractivity contribution is -0.384. The predicted octanol–water partition coefficient (Wildman–Crippen LogP) is 2.61. The first-order valence-corrected chi connectivity index (χ1v) is 9.81. The fourth-order valence-electron chi connectivity index (χ4n) is 2.81. The zero-order chi connectivity index (χ0) is 17.2. The average Bonchev–Trinajstić information content (AvgIpc) is 2.54. The van der Waals surface area contributed by atoms with Crippen molar-refractivity contribution in [2.75, 3.05) is 30.8 Å². The molecule has 1 heterocycles. The summed E-state index contributed by atoms with van der Waals surface area (Å²) in [5, 5.41) is 11.2. The van der Waals surface area contributed by atoms with Gasteiger partial charge >= 0.3 is 0 Å². The Kier molecular flexibility index (Phi) is 5.64. The molecule has 0 spiro atoms. The highest BCUT2D eigenvalue weighted by Gasteiger charge is 2.30. The van der Waals surface area contributed by atoms with Crippen molar-refractivity contribution in [3.05, 3.63) is 32.8 Å². The second-order valence-corrected chi connectivity index (χ2v) is 8.76. The molecule has 1 aliphatic heterocycles. The van der Waals surface area contributed by atoms with Crippen molar-refractivity contribution < 1.29 is 13.3 Å². The lowest BCUT2D eigenvalue weighted by atomic mass is 10.0. The topological polar surface area (TPSA) is 83.8 Å². The van der Waals surface area contributed by atoms with Crippen LogP contribution in [0.5, 0.6) is 0 Å². The molecule has 0 bridgehead atoms. The van der Waals surface area contributed by atoms with E-state index in [2.05, 4.69) is 15.9 Å². The molecule has 1 saturated heterocycles. The number of benzene rings is 1. The number of anilines is 1. The van der Waals surface area contributed by atoms with Crippen LogP contribution in [-0.4, -0.2) is 49.6 Å². The van der Waals surface area contributed by atoms with Crippen molar-refractivity contribution in [1.29, 1.82) is 0 Å². The number of nitro benzene ring substituents is 1. The van der Waals surface area contributed by atoms with Crippen LogP contribution in [0, 0.1) is 10.1 Å². The summed E-state index contributed by atoms with van der Waals surface area (Å²) in [5.74, 6) is 0.0852. The number of hydrogen-bond donors (Lipinski definition) is 0. The van der Waals surface area contributed by atoms with Gasteiger partial charge in [-0.3, -0.25) is 10.1 Å². The molecule has 0 aliphatic carbocycles. The van der Waals surface area contributed by atoms with E-state index in [1.54, 1.807) is 26.1 Å². The lowest BCUT2D eigenvalue weighted by Gasteiger charge is -2.36. The summed E-state index contributed by atoms with van der Waals surface area (Å²) in [6, 6.07) is 4.96. The molecule has 0 aromatic heterocycles. The molecule has 1 aliphatic rings. The molecule has 0 N–H and O–H groups in total. The zero-order valence-corrected chi connectivity index (χ0v) is 15.5. The maximum atomic E-state index is 11.9. The third-order valence-corrected chi connectivity index (χ3v) is 6.66.